The van der Waals surface area contributed by atoms with Crippen molar-refractivity contribution in [2.75, 3.05) is 5.43 Å². The van der Waals surface area contributed by atoms with Gasteiger partial charge < -0.3 is 0 Å². The van der Waals surface area contributed by atoms with Gasteiger partial charge in [0.25, 0.3) is 0 Å². The summed E-state index contributed by atoms with van der Waals surface area (Å²) in [6.45, 7) is 7.87. The second-order valence-electron chi connectivity index (χ2n) is 5.68. The molecule has 122 valence electrons. The van der Waals surface area contributed by atoms with Crippen LogP contribution in [0, 0.1) is 27.7 Å². The lowest BCUT2D eigenvalue weighted by atomic mass is 10.2. The van der Waals surface area contributed by atoms with Crippen LogP contribution in [0.2, 0.25) is 0 Å². The molecular weight excluding hydrogens is 300 g/mol. The Hall–Kier alpha value is -3.02. The predicted molar refractivity (Wildman–Crippen MR) is 95.8 cm³/mol. The SMILES string of the molecule is Cc1cc(C)nc(N/N=C/c2c(C)nn(-c3ccccc3)c2C)n1. The Kier molecular flexibility index (Phi) is 4.37. The van der Waals surface area contributed by atoms with Gasteiger partial charge in [0.2, 0.25) is 5.95 Å². The van der Waals surface area contributed by atoms with Gasteiger partial charge in [-0.2, -0.15) is 10.2 Å². The molecule has 0 aliphatic heterocycles. The highest BCUT2D eigenvalue weighted by molar-refractivity contribution is 5.83. The van der Waals surface area contributed by atoms with Gasteiger partial charge in [-0.15, -0.1) is 0 Å². The Bertz CT molecular complexity index is 860. The number of rotatable bonds is 4. The van der Waals surface area contributed by atoms with E-state index in [9.17, 15) is 0 Å². The van der Waals surface area contributed by atoms with Crippen LogP contribution in [0.15, 0.2) is 41.5 Å². The quantitative estimate of drug-likeness (QED) is 0.591. The molecule has 0 saturated carbocycles. The van der Waals surface area contributed by atoms with E-state index in [0.29, 0.717) is 5.95 Å². The molecule has 0 aliphatic rings. The first-order valence-corrected chi connectivity index (χ1v) is 7.77. The van der Waals surface area contributed by atoms with Crippen molar-refractivity contribution in [2.45, 2.75) is 27.7 Å². The van der Waals surface area contributed by atoms with E-state index in [1.807, 2.05) is 68.8 Å². The molecular formula is C18H20N6. The summed E-state index contributed by atoms with van der Waals surface area (Å²) in [6.07, 6.45) is 1.76. The van der Waals surface area contributed by atoms with Crippen molar-refractivity contribution in [1.82, 2.24) is 19.7 Å². The van der Waals surface area contributed by atoms with Crippen LogP contribution < -0.4 is 5.43 Å². The van der Waals surface area contributed by atoms with Crippen LogP contribution in [0.1, 0.15) is 28.3 Å². The highest BCUT2D eigenvalue weighted by atomic mass is 15.3. The molecule has 0 fully saturated rings. The van der Waals surface area contributed by atoms with Crippen molar-refractivity contribution in [2.24, 2.45) is 5.10 Å². The van der Waals surface area contributed by atoms with Crippen LogP contribution in [-0.4, -0.2) is 26.0 Å². The maximum Gasteiger partial charge on any atom is 0.243 e. The van der Waals surface area contributed by atoms with Gasteiger partial charge in [-0.1, -0.05) is 18.2 Å². The lowest BCUT2D eigenvalue weighted by molar-refractivity contribution is 0.833. The molecule has 2 aromatic heterocycles. The van der Waals surface area contributed by atoms with Gasteiger partial charge in [-0.25, -0.2) is 20.1 Å². The van der Waals surface area contributed by atoms with E-state index in [1.54, 1.807) is 6.21 Å². The highest BCUT2D eigenvalue weighted by Crippen LogP contribution is 2.16. The van der Waals surface area contributed by atoms with Crippen molar-refractivity contribution in [3.63, 3.8) is 0 Å². The third-order valence-electron chi connectivity index (χ3n) is 3.69. The zero-order valence-corrected chi connectivity index (χ0v) is 14.3. The number of hydrazone groups is 1. The van der Waals surface area contributed by atoms with Gasteiger partial charge in [-0.3, -0.25) is 0 Å². The Morgan fingerprint density at radius 2 is 1.67 bits per heavy atom. The third-order valence-corrected chi connectivity index (χ3v) is 3.69. The topological polar surface area (TPSA) is 68.0 Å². The Morgan fingerprint density at radius 1 is 1.00 bits per heavy atom. The number of aryl methyl sites for hydroxylation is 3. The number of para-hydroxylation sites is 1. The standard InChI is InChI=1S/C18H20N6/c1-12-10-13(2)21-18(20-12)22-19-11-17-14(3)23-24(15(17)4)16-8-6-5-7-9-16/h5-11H,1-4H3,(H,20,21,22)/b19-11+. The van der Waals surface area contributed by atoms with Crippen LogP contribution >= 0.6 is 0 Å². The molecule has 0 amide bonds. The summed E-state index contributed by atoms with van der Waals surface area (Å²) in [6, 6.07) is 12.0. The molecule has 0 bridgehead atoms. The lowest BCUT2D eigenvalue weighted by Crippen LogP contribution is -2.01. The summed E-state index contributed by atoms with van der Waals surface area (Å²) in [5, 5.41) is 8.87. The molecule has 1 aromatic carbocycles. The molecule has 2 heterocycles. The molecule has 0 atom stereocenters. The maximum atomic E-state index is 4.60. The fourth-order valence-electron chi connectivity index (χ4n) is 2.59. The fraction of sp³-hybridized carbons (Fsp3) is 0.222. The van der Waals surface area contributed by atoms with Crippen LogP contribution in [-0.2, 0) is 0 Å². The molecule has 0 aliphatic carbocycles. The second kappa shape index (κ2) is 6.62. The van der Waals surface area contributed by atoms with E-state index in [2.05, 4.69) is 25.6 Å². The first-order chi connectivity index (χ1) is 11.5. The number of anilines is 1. The Morgan fingerprint density at radius 3 is 2.33 bits per heavy atom. The molecule has 24 heavy (non-hydrogen) atoms. The molecule has 6 nitrogen and oxygen atoms in total. The Balaban J connectivity index is 1.84. The first kappa shape index (κ1) is 15.9. The third kappa shape index (κ3) is 3.32. The molecule has 0 saturated heterocycles. The van der Waals surface area contributed by atoms with Gasteiger partial charge in [0.15, 0.2) is 0 Å². The van der Waals surface area contributed by atoms with E-state index in [4.69, 9.17) is 0 Å². The number of nitrogens with one attached hydrogen (secondary N) is 1. The summed E-state index contributed by atoms with van der Waals surface area (Å²) >= 11 is 0. The average Bonchev–Trinajstić information content (AvgIpc) is 2.83. The Labute approximate surface area is 141 Å². The zero-order chi connectivity index (χ0) is 17.1. The van der Waals surface area contributed by atoms with Gasteiger partial charge in [0, 0.05) is 17.0 Å². The number of hydrogen-bond acceptors (Lipinski definition) is 5. The van der Waals surface area contributed by atoms with E-state index in [1.165, 1.54) is 0 Å². The first-order valence-electron chi connectivity index (χ1n) is 7.77. The number of nitrogens with zero attached hydrogens (tertiary/aromatic N) is 5. The number of hydrogen-bond donors (Lipinski definition) is 1. The highest BCUT2D eigenvalue weighted by Gasteiger charge is 2.10. The van der Waals surface area contributed by atoms with Crippen molar-refractivity contribution in [3.8, 4) is 5.69 Å². The van der Waals surface area contributed by atoms with Gasteiger partial charge in [0.1, 0.15) is 0 Å². The van der Waals surface area contributed by atoms with E-state index in [0.717, 1.165) is 34.0 Å². The largest absolute Gasteiger partial charge is 0.245 e. The molecule has 0 radical (unpaired) electrons. The summed E-state index contributed by atoms with van der Waals surface area (Å²) in [5.74, 6) is 0.495. The average molecular weight is 320 g/mol. The fourth-order valence-corrected chi connectivity index (χ4v) is 2.59. The smallest absolute Gasteiger partial charge is 0.243 e. The predicted octanol–water partition coefficient (Wildman–Crippen LogP) is 3.34. The molecule has 6 heteroatoms. The minimum Gasteiger partial charge on any atom is -0.245 e. The van der Waals surface area contributed by atoms with Crippen molar-refractivity contribution in [3.05, 3.63) is 64.7 Å². The van der Waals surface area contributed by atoms with Crippen LogP contribution in [0.25, 0.3) is 5.69 Å². The number of aromatic nitrogens is 4. The van der Waals surface area contributed by atoms with Crippen molar-refractivity contribution < 1.29 is 0 Å². The minimum absolute atomic E-state index is 0.495. The van der Waals surface area contributed by atoms with Gasteiger partial charge in [-0.05, 0) is 45.9 Å². The van der Waals surface area contributed by atoms with Crippen molar-refractivity contribution >= 4 is 12.2 Å². The summed E-state index contributed by atoms with van der Waals surface area (Å²) < 4.78 is 1.92. The summed E-state index contributed by atoms with van der Waals surface area (Å²) in [4.78, 5) is 8.61. The molecule has 0 unspecified atom stereocenters. The maximum absolute atomic E-state index is 4.60. The molecule has 3 rings (SSSR count). The second-order valence-corrected chi connectivity index (χ2v) is 5.68. The van der Waals surface area contributed by atoms with Crippen molar-refractivity contribution in [1.29, 1.82) is 0 Å². The normalized spacial score (nSPS) is 11.2. The summed E-state index contributed by atoms with van der Waals surface area (Å²) in [5.41, 5.74) is 8.67. The molecule has 3 aromatic rings. The van der Waals surface area contributed by atoms with Crippen LogP contribution in [0.5, 0.6) is 0 Å². The number of benzene rings is 1. The zero-order valence-electron chi connectivity index (χ0n) is 14.3. The van der Waals surface area contributed by atoms with Gasteiger partial charge >= 0.3 is 0 Å². The van der Waals surface area contributed by atoms with Gasteiger partial charge in [0.05, 0.1) is 23.3 Å². The van der Waals surface area contributed by atoms with E-state index < -0.39 is 0 Å². The molecule has 1 N–H and O–H groups in total. The van der Waals surface area contributed by atoms with E-state index in [-0.39, 0.29) is 0 Å². The lowest BCUT2D eigenvalue weighted by Gasteiger charge is -2.03. The molecule has 0 spiro atoms. The minimum atomic E-state index is 0.495. The van der Waals surface area contributed by atoms with E-state index >= 15 is 0 Å². The summed E-state index contributed by atoms with van der Waals surface area (Å²) in [7, 11) is 0. The monoisotopic (exact) mass is 320 g/mol. The van der Waals surface area contributed by atoms with Crippen LogP contribution in [0.4, 0.5) is 5.95 Å². The van der Waals surface area contributed by atoms with Crippen LogP contribution in [0.3, 0.4) is 0 Å².